The predicted octanol–water partition coefficient (Wildman–Crippen LogP) is 6.84. The third kappa shape index (κ3) is 3.56. The van der Waals surface area contributed by atoms with Crippen LogP contribution in [0.1, 0.15) is 88.7 Å². The Hall–Kier alpha value is -2.55. The van der Waals surface area contributed by atoms with Crippen molar-refractivity contribution < 1.29 is 4.79 Å². The van der Waals surface area contributed by atoms with Gasteiger partial charge in [0.1, 0.15) is 0 Å². The lowest BCUT2D eigenvalue weighted by molar-refractivity contribution is 0.0697. The molecule has 2 aromatic rings. The number of carbonyl (C=O) groups is 1. The average Bonchev–Trinajstić information content (AvgIpc) is 3.28. The van der Waals surface area contributed by atoms with Crippen molar-refractivity contribution in [2.45, 2.75) is 77.3 Å². The van der Waals surface area contributed by atoms with Gasteiger partial charge in [-0.1, -0.05) is 61.2 Å². The first-order valence-electron chi connectivity index (χ1n) is 12.4. The lowest BCUT2D eigenvalue weighted by Gasteiger charge is -2.40. The third-order valence-electron chi connectivity index (χ3n) is 8.12. The van der Waals surface area contributed by atoms with E-state index < -0.39 is 0 Å². The van der Waals surface area contributed by atoms with Gasteiger partial charge < -0.3 is 10.2 Å². The molecular formula is C29H36N2O. The molecule has 1 heterocycles. The highest BCUT2D eigenvalue weighted by molar-refractivity contribution is 6.01. The lowest BCUT2D eigenvalue weighted by atomic mass is 9.74. The van der Waals surface area contributed by atoms with Crippen LogP contribution in [0.4, 0.5) is 5.69 Å². The summed E-state index contributed by atoms with van der Waals surface area (Å²) in [7, 11) is 2.00. The summed E-state index contributed by atoms with van der Waals surface area (Å²) in [6.45, 7) is 6.64. The van der Waals surface area contributed by atoms with E-state index in [0.717, 1.165) is 30.5 Å². The molecule has 0 spiro atoms. The summed E-state index contributed by atoms with van der Waals surface area (Å²) in [5, 5.41) is 3.91. The summed E-state index contributed by atoms with van der Waals surface area (Å²) in [6.07, 6.45) is 11.8. The molecule has 3 nitrogen and oxygen atoms in total. The number of aryl methyl sites for hydroxylation is 3. The Morgan fingerprint density at radius 2 is 1.75 bits per heavy atom. The van der Waals surface area contributed by atoms with Crippen LogP contribution in [0.3, 0.4) is 0 Å². The highest BCUT2D eigenvalue weighted by Crippen LogP contribution is 2.51. The largest absolute Gasteiger partial charge is 0.377 e. The molecule has 0 bridgehead atoms. The number of carbonyl (C=O) groups excluding carboxylic acids is 1. The van der Waals surface area contributed by atoms with Gasteiger partial charge in [-0.25, -0.2) is 0 Å². The fourth-order valence-electron chi connectivity index (χ4n) is 6.59. The molecule has 3 atom stereocenters. The van der Waals surface area contributed by atoms with E-state index in [9.17, 15) is 4.79 Å². The molecule has 0 saturated heterocycles. The summed E-state index contributed by atoms with van der Waals surface area (Å²) in [5.41, 5.74) is 8.58. The number of amides is 1. The van der Waals surface area contributed by atoms with Crippen LogP contribution >= 0.6 is 0 Å². The number of para-hydroxylation sites is 1. The first-order valence-corrected chi connectivity index (χ1v) is 12.4. The molecule has 1 amide bonds. The van der Waals surface area contributed by atoms with Gasteiger partial charge in [-0.05, 0) is 74.3 Å². The predicted molar refractivity (Wildman–Crippen MR) is 132 cm³/mol. The summed E-state index contributed by atoms with van der Waals surface area (Å²) in [4.78, 5) is 15.7. The van der Waals surface area contributed by atoms with Crippen LogP contribution in [0.15, 0.2) is 42.5 Å². The van der Waals surface area contributed by atoms with Crippen molar-refractivity contribution in [3.63, 3.8) is 0 Å². The van der Waals surface area contributed by atoms with E-state index in [-0.39, 0.29) is 11.9 Å². The summed E-state index contributed by atoms with van der Waals surface area (Å²) >= 11 is 0. The first kappa shape index (κ1) is 21.3. The summed E-state index contributed by atoms with van der Waals surface area (Å²) in [5.74, 6) is 1.02. The van der Waals surface area contributed by atoms with Gasteiger partial charge >= 0.3 is 0 Å². The number of nitrogens with zero attached hydrogens (tertiary/aromatic N) is 1. The highest BCUT2D eigenvalue weighted by Gasteiger charge is 2.40. The SMILES string of the molecule is Cc1cc(C)c(C2Nc3c(C(=O)N(C)C4CCCCC4)cccc3C3C=CCC32)c(C)c1. The maximum atomic E-state index is 13.7. The van der Waals surface area contributed by atoms with Crippen LogP contribution in [0.25, 0.3) is 0 Å². The molecule has 3 heteroatoms. The zero-order valence-corrected chi connectivity index (χ0v) is 19.9. The number of hydrogen-bond donors (Lipinski definition) is 1. The van der Waals surface area contributed by atoms with Crippen LogP contribution in [0, 0.1) is 26.7 Å². The second kappa shape index (κ2) is 8.42. The summed E-state index contributed by atoms with van der Waals surface area (Å²) in [6, 6.07) is 11.5. The number of benzene rings is 2. The second-order valence-electron chi connectivity index (χ2n) is 10.3. The Balaban J connectivity index is 1.55. The minimum atomic E-state index is 0.165. The van der Waals surface area contributed by atoms with Crippen molar-refractivity contribution in [2.24, 2.45) is 5.92 Å². The number of rotatable bonds is 3. The Morgan fingerprint density at radius 3 is 2.47 bits per heavy atom. The first-order chi connectivity index (χ1) is 15.5. The van der Waals surface area contributed by atoms with Crippen molar-refractivity contribution in [1.82, 2.24) is 4.90 Å². The van der Waals surface area contributed by atoms with Gasteiger partial charge in [0, 0.05) is 19.0 Å². The van der Waals surface area contributed by atoms with E-state index in [1.54, 1.807) is 0 Å². The van der Waals surface area contributed by atoms with E-state index in [0.29, 0.717) is 17.9 Å². The molecule has 0 radical (unpaired) electrons. The van der Waals surface area contributed by atoms with Crippen molar-refractivity contribution in [3.8, 4) is 0 Å². The molecule has 168 valence electrons. The highest BCUT2D eigenvalue weighted by atomic mass is 16.2. The molecule has 3 aliphatic rings. The van der Waals surface area contributed by atoms with Crippen LogP contribution in [-0.4, -0.2) is 23.9 Å². The zero-order valence-electron chi connectivity index (χ0n) is 19.9. The molecule has 1 aliphatic heterocycles. The van der Waals surface area contributed by atoms with Gasteiger partial charge in [0.05, 0.1) is 17.3 Å². The van der Waals surface area contributed by atoms with Crippen LogP contribution in [0.2, 0.25) is 0 Å². The molecule has 1 fully saturated rings. The quantitative estimate of drug-likeness (QED) is 0.543. The van der Waals surface area contributed by atoms with Gasteiger partial charge in [-0.2, -0.15) is 0 Å². The molecule has 1 saturated carbocycles. The minimum Gasteiger partial charge on any atom is -0.377 e. The molecule has 1 N–H and O–H groups in total. The molecule has 0 aromatic heterocycles. The van der Waals surface area contributed by atoms with Crippen LogP contribution in [-0.2, 0) is 0 Å². The standard InChI is InChI=1S/C29H36N2O/c1-18-16-19(2)26(20(3)17-18)28-24-14-8-12-22(24)23-13-9-15-25(27(23)30-28)29(32)31(4)21-10-6-5-7-11-21/h8-9,12-13,15-17,21-22,24,28,30H,5-7,10-11,14H2,1-4H3. The topological polar surface area (TPSA) is 32.3 Å². The van der Waals surface area contributed by atoms with Crippen molar-refractivity contribution in [1.29, 1.82) is 0 Å². The van der Waals surface area contributed by atoms with E-state index >= 15 is 0 Å². The van der Waals surface area contributed by atoms with Gasteiger partial charge in [-0.3, -0.25) is 4.79 Å². The number of anilines is 1. The van der Waals surface area contributed by atoms with Gasteiger partial charge in [0.15, 0.2) is 0 Å². The smallest absolute Gasteiger partial charge is 0.255 e. The maximum Gasteiger partial charge on any atom is 0.255 e. The maximum absolute atomic E-state index is 13.7. The summed E-state index contributed by atoms with van der Waals surface area (Å²) < 4.78 is 0. The Morgan fingerprint density at radius 1 is 1.03 bits per heavy atom. The van der Waals surface area contributed by atoms with Gasteiger partial charge in [-0.15, -0.1) is 0 Å². The molecule has 32 heavy (non-hydrogen) atoms. The lowest BCUT2D eigenvalue weighted by Crippen LogP contribution is -2.39. The fourth-order valence-corrected chi connectivity index (χ4v) is 6.59. The van der Waals surface area contributed by atoms with E-state index in [1.807, 2.05) is 18.0 Å². The number of hydrogen-bond acceptors (Lipinski definition) is 2. The molecule has 3 unspecified atom stereocenters. The average molecular weight is 429 g/mol. The van der Waals surface area contributed by atoms with Crippen LogP contribution in [0.5, 0.6) is 0 Å². The number of fused-ring (bicyclic) bond motifs is 3. The molecular weight excluding hydrogens is 392 g/mol. The number of allylic oxidation sites excluding steroid dienone is 2. The van der Waals surface area contributed by atoms with Gasteiger partial charge in [0.25, 0.3) is 5.91 Å². The third-order valence-corrected chi connectivity index (χ3v) is 8.12. The molecule has 5 rings (SSSR count). The Labute approximate surface area is 192 Å². The Kier molecular flexibility index (Phi) is 5.61. The zero-order chi connectivity index (χ0) is 22.4. The fraction of sp³-hybridized carbons (Fsp3) is 0.483. The monoisotopic (exact) mass is 428 g/mol. The molecule has 2 aliphatic carbocycles. The second-order valence-corrected chi connectivity index (χ2v) is 10.3. The number of nitrogens with one attached hydrogen (secondary N) is 1. The van der Waals surface area contributed by atoms with E-state index in [4.69, 9.17) is 0 Å². The van der Waals surface area contributed by atoms with Gasteiger partial charge in [0.2, 0.25) is 0 Å². The van der Waals surface area contributed by atoms with Crippen LogP contribution < -0.4 is 5.32 Å². The Bertz CT molecular complexity index is 1040. The van der Waals surface area contributed by atoms with Crippen molar-refractivity contribution >= 4 is 11.6 Å². The van der Waals surface area contributed by atoms with E-state index in [2.05, 4.69) is 62.5 Å². The van der Waals surface area contributed by atoms with Crippen molar-refractivity contribution in [2.75, 3.05) is 12.4 Å². The van der Waals surface area contributed by atoms with E-state index in [1.165, 1.54) is 47.1 Å². The van der Waals surface area contributed by atoms with Crippen molar-refractivity contribution in [3.05, 3.63) is 75.9 Å². The normalized spacial score (nSPS) is 24.6. The minimum absolute atomic E-state index is 0.165. The molecule has 2 aromatic carbocycles.